The van der Waals surface area contributed by atoms with Gasteiger partial charge in [0.1, 0.15) is 6.04 Å². The lowest BCUT2D eigenvalue weighted by molar-refractivity contribution is -0.139. The highest BCUT2D eigenvalue weighted by Gasteiger charge is 2.18. The molecule has 5 nitrogen and oxygen atoms in total. The number of aliphatic carboxylic acids is 1. The third kappa shape index (κ3) is 10.4. The van der Waals surface area contributed by atoms with Crippen LogP contribution in [0.25, 0.3) is 0 Å². The molecular formula is C13H24N2O3S. The van der Waals surface area contributed by atoms with Gasteiger partial charge in [0.05, 0.1) is 0 Å². The summed E-state index contributed by atoms with van der Waals surface area (Å²) < 4.78 is 0. The van der Waals surface area contributed by atoms with Crippen molar-refractivity contribution in [2.45, 2.75) is 38.1 Å². The van der Waals surface area contributed by atoms with Crippen molar-refractivity contribution >= 4 is 23.8 Å². The van der Waals surface area contributed by atoms with Crippen LogP contribution in [0.15, 0.2) is 12.7 Å². The Morgan fingerprint density at radius 3 is 2.68 bits per heavy atom. The number of amides is 2. The SMILES string of the molecule is C=CCCCCCNC(=O)NC(CCSC)C(=O)O. The van der Waals surface area contributed by atoms with Gasteiger partial charge in [-0.05, 0) is 37.7 Å². The van der Waals surface area contributed by atoms with Crippen LogP contribution in [-0.4, -0.2) is 41.7 Å². The Bertz CT molecular complexity index is 285. The molecule has 0 rings (SSSR count). The average molecular weight is 288 g/mol. The van der Waals surface area contributed by atoms with Crippen LogP contribution < -0.4 is 10.6 Å². The maximum absolute atomic E-state index is 11.5. The van der Waals surface area contributed by atoms with Crippen LogP contribution in [0.5, 0.6) is 0 Å². The number of thioether (sulfide) groups is 1. The fraction of sp³-hybridized carbons (Fsp3) is 0.692. The molecule has 3 N–H and O–H groups in total. The van der Waals surface area contributed by atoms with Gasteiger partial charge < -0.3 is 15.7 Å². The number of carboxylic acid groups (broad SMARTS) is 1. The largest absolute Gasteiger partial charge is 0.480 e. The Kier molecular flexibility index (Phi) is 11.2. The fourth-order valence-electron chi connectivity index (χ4n) is 1.49. The second-order valence-corrected chi connectivity index (χ2v) is 5.20. The van der Waals surface area contributed by atoms with Crippen LogP contribution in [0.1, 0.15) is 32.1 Å². The second-order valence-electron chi connectivity index (χ2n) is 4.21. The number of hydrogen-bond acceptors (Lipinski definition) is 3. The smallest absolute Gasteiger partial charge is 0.326 e. The molecule has 0 aromatic carbocycles. The van der Waals surface area contributed by atoms with E-state index in [1.807, 2.05) is 12.3 Å². The van der Waals surface area contributed by atoms with E-state index in [0.717, 1.165) is 25.7 Å². The molecule has 0 saturated carbocycles. The Hall–Kier alpha value is -1.17. The van der Waals surface area contributed by atoms with E-state index in [4.69, 9.17) is 5.11 Å². The molecule has 0 aromatic heterocycles. The lowest BCUT2D eigenvalue weighted by atomic mass is 10.2. The Balaban J connectivity index is 3.74. The zero-order valence-electron chi connectivity index (χ0n) is 11.5. The molecular weight excluding hydrogens is 264 g/mol. The molecule has 0 radical (unpaired) electrons. The number of hydrogen-bond donors (Lipinski definition) is 3. The van der Waals surface area contributed by atoms with Crippen LogP contribution in [0.2, 0.25) is 0 Å². The summed E-state index contributed by atoms with van der Waals surface area (Å²) in [5.74, 6) is -0.283. The minimum absolute atomic E-state index is 0.405. The van der Waals surface area contributed by atoms with Crippen LogP contribution in [0, 0.1) is 0 Å². The molecule has 110 valence electrons. The quantitative estimate of drug-likeness (QED) is 0.402. The number of carboxylic acids is 1. The predicted octanol–water partition coefficient (Wildman–Crippen LogP) is 2.24. The molecule has 0 aliphatic carbocycles. The van der Waals surface area contributed by atoms with Crippen LogP contribution in [0.3, 0.4) is 0 Å². The average Bonchev–Trinajstić information content (AvgIpc) is 2.38. The van der Waals surface area contributed by atoms with E-state index in [9.17, 15) is 9.59 Å². The maximum Gasteiger partial charge on any atom is 0.326 e. The topological polar surface area (TPSA) is 78.4 Å². The van der Waals surface area contributed by atoms with Crippen molar-refractivity contribution in [3.63, 3.8) is 0 Å². The predicted molar refractivity (Wildman–Crippen MR) is 79.6 cm³/mol. The van der Waals surface area contributed by atoms with Gasteiger partial charge >= 0.3 is 12.0 Å². The van der Waals surface area contributed by atoms with Crippen molar-refractivity contribution in [1.82, 2.24) is 10.6 Å². The van der Waals surface area contributed by atoms with E-state index in [0.29, 0.717) is 18.7 Å². The number of unbranched alkanes of at least 4 members (excludes halogenated alkanes) is 3. The molecule has 1 unspecified atom stereocenters. The maximum atomic E-state index is 11.5. The molecule has 19 heavy (non-hydrogen) atoms. The summed E-state index contributed by atoms with van der Waals surface area (Å²) in [6.07, 6.45) is 8.19. The first-order chi connectivity index (χ1) is 9.11. The van der Waals surface area contributed by atoms with Gasteiger partial charge in [-0.15, -0.1) is 6.58 Å². The van der Waals surface area contributed by atoms with Crippen molar-refractivity contribution in [3.8, 4) is 0 Å². The van der Waals surface area contributed by atoms with Gasteiger partial charge in [0, 0.05) is 6.54 Å². The Labute approximate surface area is 119 Å². The normalized spacial score (nSPS) is 11.6. The molecule has 0 fully saturated rings. The van der Waals surface area contributed by atoms with Crippen molar-refractivity contribution in [1.29, 1.82) is 0 Å². The van der Waals surface area contributed by atoms with Crippen LogP contribution in [0.4, 0.5) is 4.79 Å². The Morgan fingerprint density at radius 1 is 1.37 bits per heavy atom. The molecule has 0 aromatic rings. The van der Waals surface area contributed by atoms with E-state index in [1.54, 1.807) is 11.8 Å². The zero-order valence-corrected chi connectivity index (χ0v) is 12.3. The minimum atomic E-state index is -0.991. The van der Waals surface area contributed by atoms with E-state index >= 15 is 0 Å². The number of carbonyl (C=O) groups is 2. The van der Waals surface area contributed by atoms with Crippen molar-refractivity contribution in [3.05, 3.63) is 12.7 Å². The third-order valence-corrected chi connectivity index (χ3v) is 3.23. The Morgan fingerprint density at radius 2 is 2.11 bits per heavy atom. The summed E-state index contributed by atoms with van der Waals surface area (Å²) in [5, 5.41) is 14.1. The second kappa shape index (κ2) is 11.9. The molecule has 0 heterocycles. The molecule has 6 heteroatoms. The monoisotopic (exact) mass is 288 g/mol. The number of rotatable bonds is 11. The first kappa shape index (κ1) is 17.8. The molecule has 0 saturated heterocycles. The van der Waals surface area contributed by atoms with E-state index in [1.165, 1.54) is 0 Å². The fourth-order valence-corrected chi connectivity index (χ4v) is 1.97. The van der Waals surface area contributed by atoms with Gasteiger partial charge in [0.25, 0.3) is 0 Å². The molecule has 0 spiro atoms. The van der Waals surface area contributed by atoms with Gasteiger partial charge in [-0.2, -0.15) is 11.8 Å². The number of allylic oxidation sites excluding steroid dienone is 1. The zero-order chi connectivity index (χ0) is 14.5. The van der Waals surface area contributed by atoms with E-state index in [-0.39, 0.29) is 0 Å². The standard InChI is InChI=1S/C13H24N2O3S/c1-3-4-5-6-7-9-14-13(18)15-11(12(16)17)8-10-19-2/h3,11H,1,4-10H2,2H3,(H,16,17)(H2,14,15,18). The van der Waals surface area contributed by atoms with E-state index in [2.05, 4.69) is 17.2 Å². The van der Waals surface area contributed by atoms with Crippen LogP contribution >= 0.6 is 11.8 Å². The van der Waals surface area contributed by atoms with Crippen molar-refractivity contribution < 1.29 is 14.7 Å². The molecule has 0 aliphatic rings. The van der Waals surface area contributed by atoms with E-state index < -0.39 is 18.0 Å². The van der Waals surface area contributed by atoms with Gasteiger partial charge in [-0.25, -0.2) is 9.59 Å². The number of carbonyl (C=O) groups excluding carboxylic acids is 1. The highest BCUT2D eigenvalue weighted by molar-refractivity contribution is 7.98. The molecule has 0 aliphatic heterocycles. The first-order valence-corrected chi connectivity index (χ1v) is 7.88. The summed E-state index contributed by atoms with van der Waals surface area (Å²) in [5.41, 5.74) is 0. The molecule has 2 amide bonds. The highest BCUT2D eigenvalue weighted by Crippen LogP contribution is 2.01. The molecule has 0 bridgehead atoms. The van der Waals surface area contributed by atoms with Crippen molar-refractivity contribution in [2.75, 3.05) is 18.6 Å². The number of urea groups is 1. The first-order valence-electron chi connectivity index (χ1n) is 6.48. The van der Waals surface area contributed by atoms with Gasteiger partial charge in [-0.3, -0.25) is 0 Å². The van der Waals surface area contributed by atoms with Crippen LogP contribution in [-0.2, 0) is 4.79 Å². The number of nitrogens with one attached hydrogen (secondary N) is 2. The summed E-state index contributed by atoms with van der Waals surface area (Å²) >= 11 is 1.56. The highest BCUT2D eigenvalue weighted by atomic mass is 32.2. The van der Waals surface area contributed by atoms with Gasteiger partial charge in [0.2, 0.25) is 0 Å². The van der Waals surface area contributed by atoms with Gasteiger partial charge in [-0.1, -0.05) is 12.5 Å². The minimum Gasteiger partial charge on any atom is -0.480 e. The summed E-state index contributed by atoms with van der Waals surface area (Å²) in [6.45, 7) is 4.21. The lowest BCUT2D eigenvalue weighted by Crippen LogP contribution is -2.46. The summed E-state index contributed by atoms with van der Waals surface area (Å²) in [6, 6.07) is -1.22. The van der Waals surface area contributed by atoms with Gasteiger partial charge in [0.15, 0.2) is 0 Å². The van der Waals surface area contributed by atoms with Crippen molar-refractivity contribution in [2.24, 2.45) is 0 Å². The lowest BCUT2D eigenvalue weighted by Gasteiger charge is -2.14. The molecule has 1 atom stereocenters. The third-order valence-electron chi connectivity index (χ3n) is 2.58. The summed E-state index contributed by atoms with van der Waals surface area (Å²) in [4.78, 5) is 22.4. The summed E-state index contributed by atoms with van der Waals surface area (Å²) in [7, 11) is 0.